The van der Waals surface area contributed by atoms with Crippen molar-refractivity contribution in [3.8, 4) is 11.5 Å². The first-order valence-electron chi connectivity index (χ1n) is 10.7. The zero-order valence-corrected chi connectivity index (χ0v) is 20.5. The van der Waals surface area contributed by atoms with Gasteiger partial charge in [-0.2, -0.15) is 0 Å². The Labute approximate surface area is 190 Å². The number of rotatable bonds is 6. The van der Waals surface area contributed by atoms with Crippen LogP contribution in [0.15, 0.2) is 30.3 Å². The maximum atomic E-state index is 13.1. The van der Waals surface area contributed by atoms with Crippen molar-refractivity contribution in [1.29, 1.82) is 0 Å². The number of fused-ring (bicyclic) bond motifs is 1. The summed E-state index contributed by atoms with van der Waals surface area (Å²) in [5.74, 6) is 1.10. The molecular weight excluding hydrogens is 428 g/mol. The van der Waals surface area contributed by atoms with Crippen LogP contribution in [0.1, 0.15) is 55.0 Å². The number of methoxy groups -OCH3 is 1. The van der Waals surface area contributed by atoms with Gasteiger partial charge in [-0.05, 0) is 73.2 Å². The molecule has 0 saturated heterocycles. The van der Waals surface area contributed by atoms with Gasteiger partial charge in [-0.1, -0.05) is 19.9 Å². The maximum Gasteiger partial charge on any atom is 0.263 e. The Morgan fingerprint density at radius 3 is 2.44 bits per heavy atom. The Hall–Kier alpha value is -2.74. The molecule has 0 spiro atoms. The largest absolute Gasteiger partial charge is 0.496 e. The summed E-state index contributed by atoms with van der Waals surface area (Å²) < 4.78 is 37.5. The van der Waals surface area contributed by atoms with Crippen LogP contribution < -0.4 is 19.1 Å². The lowest BCUT2D eigenvalue weighted by Gasteiger charge is -2.34. The summed E-state index contributed by atoms with van der Waals surface area (Å²) in [5.41, 5.74) is 4.41. The van der Waals surface area contributed by atoms with Gasteiger partial charge in [-0.15, -0.1) is 0 Å². The molecule has 32 heavy (non-hydrogen) atoms. The fraction of sp³-hybridized carbons (Fsp3) is 0.458. The van der Waals surface area contributed by atoms with E-state index in [1.54, 1.807) is 19.2 Å². The Morgan fingerprint density at radius 1 is 1.16 bits per heavy atom. The quantitative estimate of drug-likeness (QED) is 0.708. The van der Waals surface area contributed by atoms with E-state index in [1.807, 2.05) is 32.9 Å². The summed E-state index contributed by atoms with van der Waals surface area (Å²) in [5, 5.41) is 3.00. The summed E-state index contributed by atoms with van der Waals surface area (Å²) in [4.78, 5) is 13.1. The van der Waals surface area contributed by atoms with Crippen LogP contribution in [0.3, 0.4) is 0 Å². The fourth-order valence-corrected chi connectivity index (χ4v) is 4.91. The van der Waals surface area contributed by atoms with Crippen molar-refractivity contribution in [2.75, 3.05) is 24.2 Å². The predicted octanol–water partition coefficient (Wildman–Crippen LogP) is 3.84. The number of anilines is 1. The molecule has 3 rings (SSSR count). The van der Waals surface area contributed by atoms with E-state index >= 15 is 0 Å². The monoisotopic (exact) mass is 460 g/mol. The second-order valence-corrected chi connectivity index (χ2v) is 10.6. The van der Waals surface area contributed by atoms with Crippen LogP contribution in [-0.2, 0) is 14.8 Å². The number of hydrogen-bond acceptors (Lipinski definition) is 5. The highest BCUT2D eigenvalue weighted by Crippen LogP contribution is 2.36. The summed E-state index contributed by atoms with van der Waals surface area (Å²) in [6.07, 6.45) is 0.182. The number of hydrogen-bond donors (Lipinski definition) is 1. The molecule has 7 nitrogen and oxygen atoms in total. The lowest BCUT2D eigenvalue weighted by atomic mass is 9.93. The van der Waals surface area contributed by atoms with Crippen molar-refractivity contribution in [2.45, 2.75) is 52.7 Å². The van der Waals surface area contributed by atoms with Gasteiger partial charge in [0.1, 0.15) is 11.5 Å². The third-order valence-electron chi connectivity index (χ3n) is 5.74. The first kappa shape index (κ1) is 23.9. The van der Waals surface area contributed by atoms with Gasteiger partial charge in [-0.25, -0.2) is 8.42 Å². The van der Waals surface area contributed by atoms with E-state index in [2.05, 4.69) is 25.2 Å². The molecule has 8 heteroatoms. The smallest absolute Gasteiger partial charge is 0.263 e. The molecule has 0 radical (unpaired) electrons. The summed E-state index contributed by atoms with van der Waals surface area (Å²) in [7, 11) is -1.92. The molecule has 2 atom stereocenters. The molecule has 1 heterocycles. The number of sulfonamides is 1. The van der Waals surface area contributed by atoms with Gasteiger partial charge in [-0.3, -0.25) is 9.10 Å². The molecule has 0 fully saturated rings. The summed E-state index contributed by atoms with van der Waals surface area (Å²) in [6.45, 7) is 9.87. The number of nitrogens with one attached hydrogen (secondary N) is 1. The highest BCUT2D eigenvalue weighted by molar-refractivity contribution is 7.92. The Bertz CT molecular complexity index is 1130. The van der Waals surface area contributed by atoms with Crippen LogP contribution in [0, 0.1) is 13.8 Å². The Kier molecular flexibility index (Phi) is 6.74. The molecule has 0 bridgehead atoms. The SMILES string of the molecule is COc1cc(C)c([C@H](C)NC(=O)[C@@H]2CN(S(C)(=O)=O)c3cc(C)ccc3O2)cc1C(C)C. The van der Waals surface area contributed by atoms with Crippen molar-refractivity contribution in [1.82, 2.24) is 5.32 Å². The highest BCUT2D eigenvalue weighted by atomic mass is 32.2. The Balaban J connectivity index is 1.86. The standard InChI is InChI=1S/C24H32N2O5S/c1-14(2)18-12-19(16(4)11-22(18)30-6)17(5)25-24(27)23-13-26(32(7,28)29)20-10-15(3)8-9-21(20)31-23/h8-12,14,17,23H,13H2,1-7H3,(H,25,27)/t17-,23-/m0/s1. The van der Waals surface area contributed by atoms with E-state index in [0.717, 1.165) is 34.3 Å². The van der Waals surface area contributed by atoms with Crippen LogP contribution in [0.5, 0.6) is 11.5 Å². The number of benzene rings is 2. The molecule has 1 aliphatic rings. The molecule has 1 N–H and O–H groups in total. The van der Waals surface area contributed by atoms with Crippen LogP contribution in [-0.4, -0.2) is 40.3 Å². The van der Waals surface area contributed by atoms with E-state index in [9.17, 15) is 13.2 Å². The van der Waals surface area contributed by atoms with Crippen LogP contribution in [0.4, 0.5) is 5.69 Å². The van der Waals surface area contributed by atoms with Gasteiger partial charge in [0.25, 0.3) is 5.91 Å². The van der Waals surface area contributed by atoms with Crippen molar-refractivity contribution in [3.05, 3.63) is 52.6 Å². The number of carbonyl (C=O) groups excluding carboxylic acids is 1. The summed E-state index contributed by atoms with van der Waals surface area (Å²) in [6, 6.07) is 9.03. The fourth-order valence-electron chi connectivity index (χ4n) is 4.01. The van der Waals surface area contributed by atoms with Gasteiger partial charge in [0.05, 0.1) is 31.6 Å². The highest BCUT2D eigenvalue weighted by Gasteiger charge is 2.35. The number of aryl methyl sites for hydroxylation is 2. The molecule has 2 aromatic carbocycles. The molecule has 0 aromatic heterocycles. The van der Waals surface area contributed by atoms with Gasteiger partial charge in [0.15, 0.2) is 6.10 Å². The number of ether oxygens (including phenoxy) is 2. The van der Waals surface area contributed by atoms with Gasteiger partial charge in [0, 0.05) is 0 Å². The average Bonchev–Trinajstić information content (AvgIpc) is 2.71. The van der Waals surface area contributed by atoms with Gasteiger partial charge < -0.3 is 14.8 Å². The minimum atomic E-state index is -3.57. The molecule has 0 unspecified atom stereocenters. The third kappa shape index (κ3) is 4.85. The molecule has 0 saturated carbocycles. The van der Waals surface area contributed by atoms with E-state index in [4.69, 9.17) is 9.47 Å². The zero-order chi connectivity index (χ0) is 23.8. The number of nitrogens with zero attached hydrogens (tertiary/aromatic N) is 1. The molecule has 1 amide bonds. The minimum absolute atomic E-state index is 0.0767. The van der Waals surface area contributed by atoms with E-state index in [1.165, 1.54) is 4.31 Å². The first-order valence-corrected chi connectivity index (χ1v) is 12.5. The second kappa shape index (κ2) is 9.02. The van der Waals surface area contributed by atoms with Crippen LogP contribution in [0.2, 0.25) is 0 Å². The first-order chi connectivity index (χ1) is 14.9. The average molecular weight is 461 g/mol. The van der Waals surface area contributed by atoms with E-state index in [0.29, 0.717) is 11.4 Å². The lowest BCUT2D eigenvalue weighted by Crippen LogP contribution is -2.50. The maximum absolute atomic E-state index is 13.1. The van der Waals surface area contributed by atoms with Crippen molar-refractivity contribution < 1.29 is 22.7 Å². The Morgan fingerprint density at radius 2 is 1.84 bits per heavy atom. The van der Waals surface area contributed by atoms with Crippen LogP contribution in [0.25, 0.3) is 0 Å². The normalized spacial score (nSPS) is 16.9. The molecule has 1 aliphatic heterocycles. The van der Waals surface area contributed by atoms with E-state index < -0.39 is 16.1 Å². The van der Waals surface area contributed by atoms with E-state index in [-0.39, 0.29) is 24.4 Å². The predicted molar refractivity (Wildman–Crippen MR) is 126 cm³/mol. The van der Waals surface area contributed by atoms with Gasteiger partial charge in [0.2, 0.25) is 10.0 Å². The minimum Gasteiger partial charge on any atom is -0.496 e. The molecule has 0 aliphatic carbocycles. The summed E-state index contributed by atoms with van der Waals surface area (Å²) >= 11 is 0. The van der Waals surface area contributed by atoms with Crippen molar-refractivity contribution in [2.24, 2.45) is 0 Å². The molecule has 2 aromatic rings. The third-order valence-corrected chi connectivity index (χ3v) is 6.89. The van der Waals surface area contributed by atoms with Gasteiger partial charge >= 0.3 is 0 Å². The number of carbonyl (C=O) groups is 1. The second-order valence-electron chi connectivity index (χ2n) is 8.71. The molecular formula is C24H32N2O5S. The number of amides is 1. The topological polar surface area (TPSA) is 84.9 Å². The van der Waals surface area contributed by atoms with Crippen LogP contribution >= 0.6 is 0 Å². The lowest BCUT2D eigenvalue weighted by molar-refractivity contribution is -0.128. The van der Waals surface area contributed by atoms with Crippen molar-refractivity contribution in [3.63, 3.8) is 0 Å². The zero-order valence-electron chi connectivity index (χ0n) is 19.7. The molecule has 174 valence electrons. The van der Waals surface area contributed by atoms with Crippen molar-refractivity contribution >= 4 is 21.6 Å².